The van der Waals surface area contributed by atoms with E-state index >= 15 is 0 Å². The average molecular weight is 358 g/mol. The Morgan fingerprint density at radius 1 is 1.20 bits per heavy atom. The highest BCUT2D eigenvalue weighted by Crippen LogP contribution is 2.24. The van der Waals surface area contributed by atoms with Gasteiger partial charge in [0.15, 0.2) is 0 Å². The number of hydrogen-bond acceptors (Lipinski definition) is 5. The third-order valence-electron chi connectivity index (χ3n) is 5.16. The van der Waals surface area contributed by atoms with Crippen LogP contribution in [0.25, 0.3) is 0 Å². The highest BCUT2D eigenvalue weighted by Gasteiger charge is 2.22. The monoisotopic (exact) mass is 357 g/mol. The van der Waals surface area contributed by atoms with Crippen LogP contribution in [0.15, 0.2) is 30.6 Å². The minimum atomic E-state index is 0.483. The van der Waals surface area contributed by atoms with Gasteiger partial charge in [0.05, 0.1) is 5.69 Å². The number of benzene rings is 1. The molecule has 2 aliphatic rings. The van der Waals surface area contributed by atoms with Crippen molar-refractivity contribution in [1.82, 2.24) is 20.2 Å². The van der Waals surface area contributed by atoms with Gasteiger partial charge in [0.25, 0.3) is 0 Å². The van der Waals surface area contributed by atoms with Gasteiger partial charge in [-0.2, -0.15) is 0 Å². The van der Waals surface area contributed by atoms with Gasteiger partial charge in [-0.1, -0.05) is 29.8 Å². The van der Waals surface area contributed by atoms with Crippen molar-refractivity contribution < 1.29 is 0 Å². The maximum atomic E-state index is 6.29. The number of nitrogens with zero attached hydrogens (tertiary/aromatic N) is 3. The summed E-state index contributed by atoms with van der Waals surface area (Å²) in [6, 6.07) is 8.62. The fourth-order valence-electron chi connectivity index (χ4n) is 3.70. The molecular formula is C19H24ClN5. The van der Waals surface area contributed by atoms with Crippen LogP contribution in [0.5, 0.6) is 0 Å². The largest absolute Gasteiger partial charge is 0.367 e. The van der Waals surface area contributed by atoms with E-state index in [0.29, 0.717) is 6.04 Å². The van der Waals surface area contributed by atoms with Gasteiger partial charge in [-0.15, -0.1) is 0 Å². The van der Waals surface area contributed by atoms with Crippen molar-refractivity contribution in [3.63, 3.8) is 0 Å². The molecule has 5 nitrogen and oxygen atoms in total. The number of fused-ring (bicyclic) bond motifs is 1. The van der Waals surface area contributed by atoms with Crippen molar-refractivity contribution in [1.29, 1.82) is 0 Å². The fraction of sp³-hybridized carbons (Fsp3) is 0.474. The molecular weight excluding hydrogens is 334 g/mol. The van der Waals surface area contributed by atoms with Crippen LogP contribution in [0.3, 0.4) is 0 Å². The third-order valence-corrected chi connectivity index (χ3v) is 5.53. The highest BCUT2D eigenvalue weighted by atomic mass is 35.5. The van der Waals surface area contributed by atoms with E-state index in [4.69, 9.17) is 11.6 Å². The van der Waals surface area contributed by atoms with Gasteiger partial charge in [0.2, 0.25) is 0 Å². The predicted molar refractivity (Wildman–Crippen MR) is 101 cm³/mol. The molecule has 0 spiro atoms. The molecule has 2 N–H and O–H groups in total. The molecule has 4 rings (SSSR count). The van der Waals surface area contributed by atoms with E-state index in [2.05, 4.69) is 37.6 Å². The van der Waals surface area contributed by atoms with E-state index in [1.54, 1.807) is 6.33 Å². The molecule has 1 aromatic heterocycles. The summed E-state index contributed by atoms with van der Waals surface area (Å²) in [5, 5.41) is 7.91. The van der Waals surface area contributed by atoms with Crippen LogP contribution in [0.4, 0.5) is 5.82 Å². The summed E-state index contributed by atoms with van der Waals surface area (Å²) in [7, 11) is 0. The Hall–Kier alpha value is -1.69. The fourth-order valence-corrected chi connectivity index (χ4v) is 3.90. The smallest absolute Gasteiger partial charge is 0.133 e. The first-order valence-corrected chi connectivity index (χ1v) is 9.43. The van der Waals surface area contributed by atoms with Crippen LogP contribution in [-0.2, 0) is 19.5 Å². The van der Waals surface area contributed by atoms with Crippen LogP contribution in [0, 0.1) is 0 Å². The molecule has 6 heteroatoms. The molecule has 132 valence electrons. The molecule has 0 atom stereocenters. The Kier molecular flexibility index (Phi) is 5.15. The van der Waals surface area contributed by atoms with Gasteiger partial charge in [0, 0.05) is 42.8 Å². The lowest BCUT2D eigenvalue weighted by molar-refractivity contribution is 0.211. The Morgan fingerprint density at radius 2 is 2.04 bits per heavy atom. The molecule has 3 heterocycles. The molecule has 0 bridgehead atoms. The Bertz CT molecular complexity index is 728. The van der Waals surface area contributed by atoms with Crippen LogP contribution < -0.4 is 10.6 Å². The molecule has 0 unspecified atom stereocenters. The standard InChI is InChI=1S/C19H24ClN5/c20-17-4-2-1-3-14(17)12-25-9-6-15(7-10-25)24-19-16-5-8-21-11-18(16)22-13-23-19/h1-4,13,15,21H,5-12H2,(H,22,23,24). The molecule has 1 aromatic carbocycles. The lowest BCUT2D eigenvalue weighted by atomic mass is 10.0. The highest BCUT2D eigenvalue weighted by molar-refractivity contribution is 6.31. The molecule has 0 aliphatic carbocycles. The van der Waals surface area contributed by atoms with Crippen LogP contribution in [0.1, 0.15) is 29.7 Å². The quantitative estimate of drug-likeness (QED) is 0.881. The maximum absolute atomic E-state index is 6.29. The van der Waals surface area contributed by atoms with Gasteiger partial charge in [0.1, 0.15) is 12.1 Å². The summed E-state index contributed by atoms with van der Waals surface area (Å²) in [6.45, 7) is 4.95. The second-order valence-electron chi connectivity index (χ2n) is 6.86. The second kappa shape index (κ2) is 7.68. The van der Waals surface area contributed by atoms with Crippen molar-refractivity contribution in [3.05, 3.63) is 52.4 Å². The first-order chi connectivity index (χ1) is 12.3. The summed E-state index contributed by atoms with van der Waals surface area (Å²) in [5.74, 6) is 1.04. The van der Waals surface area contributed by atoms with E-state index < -0.39 is 0 Å². The molecule has 2 aliphatic heterocycles. The van der Waals surface area contributed by atoms with Gasteiger partial charge in [-0.05, 0) is 37.4 Å². The third kappa shape index (κ3) is 3.94. The summed E-state index contributed by atoms with van der Waals surface area (Å²) < 4.78 is 0. The molecule has 2 aromatic rings. The van der Waals surface area contributed by atoms with Gasteiger partial charge in [-0.3, -0.25) is 4.90 Å². The Balaban J connectivity index is 1.34. The van der Waals surface area contributed by atoms with Gasteiger partial charge >= 0.3 is 0 Å². The summed E-state index contributed by atoms with van der Waals surface area (Å²) in [6.07, 6.45) is 4.94. The molecule has 0 amide bonds. The predicted octanol–water partition coefficient (Wildman–Crippen LogP) is 2.85. The van der Waals surface area contributed by atoms with E-state index in [1.807, 2.05) is 12.1 Å². The van der Waals surface area contributed by atoms with Crippen LogP contribution in [0.2, 0.25) is 5.02 Å². The minimum Gasteiger partial charge on any atom is -0.367 e. The zero-order valence-electron chi connectivity index (χ0n) is 14.3. The minimum absolute atomic E-state index is 0.483. The molecule has 1 fully saturated rings. The van der Waals surface area contributed by atoms with Crippen molar-refractivity contribution in [2.45, 2.75) is 38.4 Å². The summed E-state index contributed by atoms with van der Waals surface area (Å²) in [4.78, 5) is 11.4. The Labute approximate surface area is 153 Å². The second-order valence-corrected chi connectivity index (χ2v) is 7.27. The zero-order chi connectivity index (χ0) is 17.1. The number of rotatable bonds is 4. The molecule has 0 saturated carbocycles. The summed E-state index contributed by atoms with van der Waals surface area (Å²) >= 11 is 6.29. The first kappa shape index (κ1) is 16.8. The van der Waals surface area contributed by atoms with E-state index in [9.17, 15) is 0 Å². The lowest BCUT2D eigenvalue weighted by Gasteiger charge is -2.33. The zero-order valence-corrected chi connectivity index (χ0v) is 15.1. The number of piperidine rings is 1. The topological polar surface area (TPSA) is 53.1 Å². The van der Waals surface area contributed by atoms with Crippen molar-refractivity contribution in [2.75, 3.05) is 25.0 Å². The number of halogens is 1. The SMILES string of the molecule is Clc1ccccc1CN1CCC(Nc2ncnc3c2CCNC3)CC1. The van der Waals surface area contributed by atoms with E-state index in [-0.39, 0.29) is 0 Å². The van der Waals surface area contributed by atoms with Gasteiger partial charge in [-0.25, -0.2) is 9.97 Å². The van der Waals surface area contributed by atoms with Crippen LogP contribution in [-0.4, -0.2) is 40.5 Å². The number of aromatic nitrogens is 2. The van der Waals surface area contributed by atoms with Crippen LogP contribution >= 0.6 is 11.6 Å². The van der Waals surface area contributed by atoms with Gasteiger partial charge < -0.3 is 10.6 Å². The average Bonchev–Trinajstić information content (AvgIpc) is 2.65. The van der Waals surface area contributed by atoms with Crippen molar-refractivity contribution >= 4 is 17.4 Å². The summed E-state index contributed by atoms with van der Waals surface area (Å²) in [5.41, 5.74) is 3.65. The van der Waals surface area contributed by atoms with E-state index in [0.717, 1.165) is 68.5 Å². The molecule has 0 radical (unpaired) electrons. The number of likely N-dealkylation sites (tertiary alicyclic amines) is 1. The number of nitrogens with one attached hydrogen (secondary N) is 2. The lowest BCUT2D eigenvalue weighted by Crippen LogP contribution is -2.39. The maximum Gasteiger partial charge on any atom is 0.133 e. The van der Waals surface area contributed by atoms with Crippen molar-refractivity contribution in [2.24, 2.45) is 0 Å². The van der Waals surface area contributed by atoms with E-state index in [1.165, 1.54) is 11.1 Å². The Morgan fingerprint density at radius 3 is 2.88 bits per heavy atom. The number of hydrogen-bond donors (Lipinski definition) is 2. The number of anilines is 1. The molecule has 1 saturated heterocycles. The molecule has 25 heavy (non-hydrogen) atoms. The van der Waals surface area contributed by atoms with Crippen molar-refractivity contribution in [3.8, 4) is 0 Å². The normalized spacial score (nSPS) is 18.8. The first-order valence-electron chi connectivity index (χ1n) is 9.05.